The number of nitrogens with one attached hydrogen (secondary N) is 1. The van der Waals surface area contributed by atoms with Crippen LogP contribution in [0.15, 0.2) is 28.7 Å². The lowest BCUT2D eigenvalue weighted by atomic mass is 9.83. The van der Waals surface area contributed by atoms with Crippen LogP contribution in [0, 0.1) is 5.92 Å². The van der Waals surface area contributed by atoms with Crippen LogP contribution in [0.2, 0.25) is 0 Å². The predicted octanol–water partition coefficient (Wildman–Crippen LogP) is 2.86. The van der Waals surface area contributed by atoms with Crippen LogP contribution in [-0.4, -0.2) is 23.7 Å². The van der Waals surface area contributed by atoms with Gasteiger partial charge in [0.15, 0.2) is 0 Å². The third-order valence-corrected chi connectivity index (χ3v) is 4.12. The fourth-order valence-electron chi connectivity index (χ4n) is 1.86. The standard InChI is InChI=1S/C15H22BrNO2/c1-10(2)13(9-18)17-14(19)15(3,4)11-7-5-6-8-12(11)16/h5-8,10,13,18H,9H2,1-4H3,(H,17,19)/t13-/m1/s1. The first kappa shape index (κ1) is 16.2. The van der Waals surface area contributed by atoms with E-state index in [1.165, 1.54) is 0 Å². The Morgan fingerprint density at radius 3 is 2.42 bits per heavy atom. The molecule has 1 aromatic carbocycles. The van der Waals surface area contributed by atoms with Crippen molar-refractivity contribution in [3.63, 3.8) is 0 Å². The minimum Gasteiger partial charge on any atom is -0.394 e. The lowest BCUT2D eigenvalue weighted by Crippen LogP contribution is -2.48. The maximum atomic E-state index is 12.4. The van der Waals surface area contributed by atoms with Gasteiger partial charge in [-0.15, -0.1) is 0 Å². The second-order valence-electron chi connectivity index (χ2n) is 5.61. The fourth-order valence-corrected chi connectivity index (χ4v) is 2.64. The Bertz CT molecular complexity index is 444. The highest BCUT2D eigenvalue weighted by molar-refractivity contribution is 9.10. The first-order valence-corrected chi connectivity index (χ1v) is 7.26. The van der Waals surface area contributed by atoms with Crippen LogP contribution in [0.1, 0.15) is 33.3 Å². The Kier molecular flexibility index (Phi) is 5.56. The lowest BCUT2D eigenvalue weighted by Gasteiger charge is -2.29. The van der Waals surface area contributed by atoms with Gasteiger partial charge in [0.2, 0.25) is 5.91 Å². The number of rotatable bonds is 5. The number of halogens is 1. The molecule has 0 saturated carbocycles. The van der Waals surface area contributed by atoms with Crippen LogP contribution < -0.4 is 5.32 Å². The summed E-state index contributed by atoms with van der Waals surface area (Å²) >= 11 is 3.48. The molecule has 0 heterocycles. The van der Waals surface area contributed by atoms with Crippen LogP contribution in [0.4, 0.5) is 0 Å². The van der Waals surface area contributed by atoms with Crippen molar-refractivity contribution in [2.75, 3.05) is 6.61 Å². The number of carbonyl (C=O) groups is 1. The van der Waals surface area contributed by atoms with Gasteiger partial charge in [0, 0.05) is 4.47 Å². The molecule has 19 heavy (non-hydrogen) atoms. The van der Waals surface area contributed by atoms with Crippen molar-refractivity contribution in [1.29, 1.82) is 0 Å². The van der Waals surface area contributed by atoms with Crippen LogP contribution >= 0.6 is 15.9 Å². The van der Waals surface area contributed by atoms with Gasteiger partial charge in [-0.25, -0.2) is 0 Å². The van der Waals surface area contributed by atoms with Crippen molar-refractivity contribution < 1.29 is 9.90 Å². The van der Waals surface area contributed by atoms with Gasteiger partial charge in [0.1, 0.15) is 0 Å². The molecule has 0 aliphatic heterocycles. The lowest BCUT2D eigenvalue weighted by molar-refractivity contribution is -0.127. The van der Waals surface area contributed by atoms with Gasteiger partial charge in [0.25, 0.3) is 0 Å². The number of hydrogen-bond acceptors (Lipinski definition) is 2. The molecule has 0 fully saturated rings. The van der Waals surface area contributed by atoms with E-state index in [1.807, 2.05) is 52.0 Å². The zero-order valence-electron chi connectivity index (χ0n) is 11.9. The number of benzene rings is 1. The quantitative estimate of drug-likeness (QED) is 0.873. The zero-order chi connectivity index (χ0) is 14.6. The second-order valence-corrected chi connectivity index (χ2v) is 6.47. The highest BCUT2D eigenvalue weighted by Gasteiger charge is 2.33. The third kappa shape index (κ3) is 3.80. The van der Waals surface area contributed by atoms with Crippen LogP contribution in [0.3, 0.4) is 0 Å². The maximum Gasteiger partial charge on any atom is 0.230 e. The van der Waals surface area contributed by atoms with Gasteiger partial charge >= 0.3 is 0 Å². The molecule has 0 bridgehead atoms. The van der Waals surface area contributed by atoms with E-state index < -0.39 is 5.41 Å². The van der Waals surface area contributed by atoms with Crippen LogP contribution in [0.25, 0.3) is 0 Å². The summed E-state index contributed by atoms with van der Waals surface area (Å²) in [6, 6.07) is 7.49. The highest BCUT2D eigenvalue weighted by Crippen LogP contribution is 2.30. The Morgan fingerprint density at radius 1 is 1.37 bits per heavy atom. The van der Waals surface area contributed by atoms with Gasteiger partial charge in [-0.05, 0) is 31.4 Å². The summed E-state index contributed by atoms with van der Waals surface area (Å²) in [4.78, 5) is 12.4. The minimum atomic E-state index is -0.650. The molecular weight excluding hydrogens is 306 g/mol. The van der Waals surface area contributed by atoms with E-state index in [4.69, 9.17) is 0 Å². The molecule has 0 saturated heterocycles. The Labute approximate surface area is 123 Å². The molecule has 3 nitrogen and oxygen atoms in total. The molecule has 1 rings (SSSR count). The number of aliphatic hydroxyl groups excluding tert-OH is 1. The number of carbonyl (C=O) groups excluding carboxylic acids is 1. The van der Waals surface area contributed by atoms with Gasteiger partial charge in [0.05, 0.1) is 18.1 Å². The largest absolute Gasteiger partial charge is 0.394 e. The summed E-state index contributed by atoms with van der Waals surface area (Å²) in [7, 11) is 0. The van der Waals surface area contributed by atoms with Gasteiger partial charge in [-0.1, -0.05) is 48.0 Å². The van der Waals surface area contributed by atoms with Gasteiger partial charge in [-0.3, -0.25) is 4.79 Å². The van der Waals surface area contributed by atoms with Gasteiger partial charge < -0.3 is 10.4 Å². The van der Waals surface area contributed by atoms with E-state index >= 15 is 0 Å². The smallest absolute Gasteiger partial charge is 0.230 e. The molecule has 1 aromatic rings. The molecule has 1 atom stereocenters. The molecule has 1 amide bonds. The summed E-state index contributed by atoms with van der Waals surface area (Å²) in [6.45, 7) is 7.68. The van der Waals surface area contributed by atoms with Crippen LogP contribution in [-0.2, 0) is 10.2 Å². The Morgan fingerprint density at radius 2 is 1.95 bits per heavy atom. The molecule has 0 aromatic heterocycles. The minimum absolute atomic E-state index is 0.0462. The van der Waals surface area contributed by atoms with E-state index in [9.17, 15) is 9.90 Å². The van der Waals surface area contributed by atoms with E-state index in [0.717, 1.165) is 10.0 Å². The normalized spacial score (nSPS) is 13.4. The van der Waals surface area contributed by atoms with E-state index in [-0.39, 0.29) is 24.5 Å². The molecule has 106 valence electrons. The second kappa shape index (κ2) is 6.53. The fraction of sp³-hybridized carbons (Fsp3) is 0.533. The third-order valence-electron chi connectivity index (χ3n) is 3.43. The molecule has 0 radical (unpaired) electrons. The zero-order valence-corrected chi connectivity index (χ0v) is 13.5. The van der Waals surface area contributed by atoms with E-state index in [2.05, 4.69) is 21.2 Å². The van der Waals surface area contributed by atoms with Crippen molar-refractivity contribution in [2.24, 2.45) is 5.92 Å². The molecule has 4 heteroatoms. The summed E-state index contributed by atoms with van der Waals surface area (Å²) in [6.07, 6.45) is 0. The average molecular weight is 328 g/mol. The molecule has 0 unspecified atom stereocenters. The van der Waals surface area contributed by atoms with Crippen LogP contribution in [0.5, 0.6) is 0 Å². The highest BCUT2D eigenvalue weighted by atomic mass is 79.9. The number of aliphatic hydroxyl groups is 1. The topological polar surface area (TPSA) is 49.3 Å². The van der Waals surface area contributed by atoms with Gasteiger partial charge in [-0.2, -0.15) is 0 Å². The van der Waals surface area contributed by atoms with Crippen molar-refractivity contribution >= 4 is 21.8 Å². The monoisotopic (exact) mass is 327 g/mol. The first-order valence-electron chi connectivity index (χ1n) is 6.47. The first-order chi connectivity index (χ1) is 8.80. The Hall–Kier alpha value is -0.870. The maximum absolute atomic E-state index is 12.4. The number of amides is 1. The molecule has 2 N–H and O–H groups in total. The summed E-state index contributed by atoms with van der Waals surface area (Å²) < 4.78 is 0.917. The van der Waals surface area contributed by atoms with E-state index in [0.29, 0.717) is 0 Å². The molecule has 0 aliphatic rings. The summed E-state index contributed by atoms with van der Waals surface area (Å²) in [5, 5.41) is 12.2. The summed E-state index contributed by atoms with van der Waals surface area (Å²) in [5.41, 5.74) is 0.288. The van der Waals surface area contributed by atoms with Crippen molar-refractivity contribution in [3.05, 3.63) is 34.3 Å². The van der Waals surface area contributed by atoms with Crippen molar-refractivity contribution in [1.82, 2.24) is 5.32 Å². The Balaban J connectivity index is 2.94. The SMILES string of the molecule is CC(C)[C@@H](CO)NC(=O)C(C)(C)c1ccccc1Br. The average Bonchev–Trinajstić information content (AvgIpc) is 2.35. The van der Waals surface area contributed by atoms with Crippen molar-refractivity contribution in [2.45, 2.75) is 39.2 Å². The van der Waals surface area contributed by atoms with Crippen molar-refractivity contribution in [3.8, 4) is 0 Å². The molecular formula is C15H22BrNO2. The van der Waals surface area contributed by atoms with E-state index in [1.54, 1.807) is 0 Å². The molecule has 0 aliphatic carbocycles. The summed E-state index contributed by atoms with van der Waals surface area (Å²) in [5.74, 6) is 0.121. The predicted molar refractivity (Wildman–Crippen MR) is 81.0 cm³/mol. The molecule has 0 spiro atoms. The number of hydrogen-bond donors (Lipinski definition) is 2.